The Morgan fingerprint density at radius 1 is 1.73 bits per heavy atom. The van der Waals surface area contributed by atoms with Crippen molar-refractivity contribution in [2.45, 2.75) is 12.2 Å². The number of nitrogens with zero attached hydrogens (tertiary/aromatic N) is 2. The predicted octanol–water partition coefficient (Wildman–Crippen LogP) is 2.72. The zero-order chi connectivity index (χ0) is 11.8. The number of aromatic nitrogens is 1. The number of hydrogen-bond acceptors (Lipinski definition) is 4. The maximum atomic E-state index is 12.9. The third-order valence-electron chi connectivity index (χ3n) is 1.64. The van der Waals surface area contributed by atoms with E-state index in [2.05, 4.69) is 10.7 Å². The largest absolute Gasteiger partial charge is 0.337 e. The Labute approximate surface area is 97.4 Å². The molecule has 0 saturated carbocycles. The number of pyridine rings is 1. The minimum absolute atomic E-state index is 0.0629. The molecule has 0 aromatic carbocycles. The standard InChI is InChI=1S/C8H9ClFNS.CH2N2/c1-5(12-2)6-3-7(10)8(9)11-4-6;2-1-3/h3-5H,1-2H3;2H2. The van der Waals surface area contributed by atoms with E-state index in [1.54, 1.807) is 18.0 Å². The molecular weight excluding hydrogens is 237 g/mol. The molecule has 15 heavy (non-hydrogen) atoms. The minimum atomic E-state index is -0.449. The zero-order valence-corrected chi connectivity index (χ0v) is 9.94. The lowest BCUT2D eigenvalue weighted by atomic mass is 10.2. The highest BCUT2D eigenvalue weighted by molar-refractivity contribution is 7.98. The molecule has 0 saturated heterocycles. The smallest absolute Gasteiger partial charge is 0.173 e. The molecule has 82 valence electrons. The van der Waals surface area contributed by atoms with Crippen LogP contribution in [0.3, 0.4) is 0 Å². The number of halogens is 2. The van der Waals surface area contributed by atoms with Gasteiger partial charge in [-0.15, -0.1) is 0 Å². The van der Waals surface area contributed by atoms with Gasteiger partial charge in [0, 0.05) is 11.4 Å². The molecule has 2 N–H and O–H groups in total. The van der Waals surface area contributed by atoms with Crippen molar-refractivity contribution >= 4 is 23.4 Å². The van der Waals surface area contributed by atoms with Crippen LogP contribution in [0.2, 0.25) is 5.15 Å². The van der Waals surface area contributed by atoms with Gasteiger partial charge < -0.3 is 5.73 Å². The zero-order valence-electron chi connectivity index (χ0n) is 8.37. The second-order valence-corrected chi connectivity index (χ2v) is 4.08. The molecule has 1 aromatic rings. The summed E-state index contributed by atoms with van der Waals surface area (Å²) in [5, 5.41) is 7.29. The van der Waals surface area contributed by atoms with Gasteiger partial charge in [-0.25, -0.2) is 9.37 Å². The molecule has 1 atom stereocenters. The summed E-state index contributed by atoms with van der Waals surface area (Å²) in [5.41, 5.74) is 5.02. The maximum Gasteiger partial charge on any atom is 0.173 e. The van der Waals surface area contributed by atoms with Gasteiger partial charge in [0.25, 0.3) is 0 Å². The summed E-state index contributed by atoms with van der Waals surface area (Å²) in [7, 11) is 0. The lowest BCUT2D eigenvalue weighted by Gasteiger charge is -2.07. The van der Waals surface area contributed by atoms with Crippen LogP contribution < -0.4 is 5.73 Å². The molecule has 1 rings (SSSR count). The molecule has 0 amide bonds. The van der Waals surface area contributed by atoms with Gasteiger partial charge in [-0.2, -0.15) is 17.0 Å². The van der Waals surface area contributed by atoms with Crippen LogP contribution in [-0.2, 0) is 0 Å². The van der Waals surface area contributed by atoms with Gasteiger partial charge in [0.2, 0.25) is 0 Å². The van der Waals surface area contributed by atoms with Crippen molar-refractivity contribution in [3.05, 3.63) is 28.8 Å². The van der Waals surface area contributed by atoms with Crippen molar-refractivity contribution in [2.75, 3.05) is 6.26 Å². The molecule has 1 unspecified atom stereocenters. The van der Waals surface area contributed by atoms with Gasteiger partial charge in [0.1, 0.15) is 0 Å². The highest BCUT2D eigenvalue weighted by Crippen LogP contribution is 2.26. The average molecular weight is 248 g/mol. The van der Waals surface area contributed by atoms with Crippen molar-refractivity contribution in [2.24, 2.45) is 5.73 Å². The molecule has 0 fully saturated rings. The Hall–Kier alpha value is -0.990. The summed E-state index contributed by atoms with van der Waals surface area (Å²) in [4.78, 5) is 3.72. The molecule has 0 bridgehead atoms. The Balaban J connectivity index is 0.000000583. The second-order valence-electron chi connectivity index (χ2n) is 2.55. The van der Waals surface area contributed by atoms with Crippen LogP contribution in [0.1, 0.15) is 17.7 Å². The number of thioether (sulfide) groups is 1. The highest BCUT2D eigenvalue weighted by Gasteiger charge is 2.07. The van der Waals surface area contributed by atoms with E-state index in [1.165, 1.54) is 12.3 Å². The van der Waals surface area contributed by atoms with E-state index in [-0.39, 0.29) is 10.4 Å². The second kappa shape index (κ2) is 7.32. The molecule has 1 aromatic heterocycles. The first kappa shape index (κ1) is 14.0. The summed E-state index contributed by atoms with van der Waals surface area (Å²) in [6, 6.07) is 1.43. The first-order valence-corrected chi connectivity index (χ1v) is 5.66. The molecule has 0 spiro atoms. The van der Waals surface area contributed by atoms with Crippen LogP contribution in [0.4, 0.5) is 4.39 Å². The Morgan fingerprint density at radius 3 is 2.67 bits per heavy atom. The fourth-order valence-electron chi connectivity index (χ4n) is 0.794. The van der Waals surface area contributed by atoms with Gasteiger partial charge in [0.05, 0.1) is 0 Å². The molecular formula is C9H11ClFN3S. The van der Waals surface area contributed by atoms with Gasteiger partial charge in [-0.1, -0.05) is 11.6 Å². The third-order valence-corrected chi connectivity index (χ3v) is 2.90. The van der Waals surface area contributed by atoms with E-state index in [0.29, 0.717) is 0 Å². The summed E-state index contributed by atoms with van der Waals surface area (Å²) >= 11 is 7.08. The fourth-order valence-corrected chi connectivity index (χ4v) is 1.30. The number of rotatable bonds is 2. The quantitative estimate of drug-likeness (QED) is 0.496. The van der Waals surface area contributed by atoms with Crippen LogP contribution in [0, 0.1) is 17.3 Å². The van der Waals surface area contributed by atoms with Crippen molar-refractivity contribution in [3.63, 3.8) is 0 Å². The van der Waals surface area contributed by atoms with Crippen molar-refractivity contribution in [3.8, 4) is 6.19 Å². The van der Waals surface area contributed by atoms with E-state index in [0.717, 1.165) is 5.56 Å². The van der Waals surface area contributed by atoms with Crippen LogP contribution in [0.25, 0.3) is 0 Å². The average Bonchev–Trinajstić information content (AvgIpc) is 2.22. The topological polar surface area (TPSA) is 62.7 Å². The van der Waals surface area contributed by atoms with E-state index < -0.39 is 5.82 Å². The molecule has 0 radical (unpaired) electrons. The van der Waals surface area contributed by atoms with Crippen LogP contribution in [0.15, 0.2) is 12.3 Å². The van der Waals surface area contributed by atoms with E-state index >= 15 is 0 Å². The molecule has 0 aliphatic heterocycles. The SMILES string of the molecule is CSC(C)c1cnc(Cl)c(F)c1.N#CN. The summed E-state index contributed by atoms with van der Waals surface area (Å²) in [6.45, 7) is 2.00. The first-order valence-electron chi connectivity index (χ1n) is 4.00. The Morgan fingerprint density at radius 2 is 2.27 bits per heavy atom. The Kier molecular flexibility index (Phi) is 6.84. The number of nitriles is 1. The first-order chi connectivity index (χ1) is 7.06. The van der Waals surface area contributed by atoms with Crippen molar-refractivity contribution in [1.82, 2.24) is 4.98 Å². The third kappa shape index (κ3) is 4.86. The number of nitrogens with two attached hydrogens (primary N) is 1. The van der Waals surface area contributed by atoms with Gasteiger partial charge >= 0.3 is 0 Å². The summed E-state index contributed by atoms with van der Waals surface area (Å²) in [5.74, 6) is -0.449. The highest BCUT2D eigenvalue weighted by atomic mass is 35.5. The minimum Gasteiger partial charge on any atom is -0.337 e. The van der Waals surface area contributed by atoms with Gasteiger partial charge in [-0.3, -0.25) is 0 Å². The maximum absolute atomic E-state index is 12.9. The fraction of sp³-hybridized carbons (Fsp3) is 0.333. The van der Waals surface area contributed by atoms with Crippen LogP contribution >= 0.6 is 23.4 Å². The molecule has 0 aliphatic carbocycles. The Bertz CT molecular complexity index is 354. The van der Waals surface area contributed by atoms with Gasteiger partial charge in [0.15, 0.2) is 17.2 Å². The van der Waals surface area contributed by atoms with E-state index in [9.17, 15) is 4.39 Å². The molecule has 0 aliphatic rings. The van der Waals surface area contributed by atoms with Crippen LogP contribution in [-0.4, -0.2) is 11.2 Å². The summed E-state index contributed by atoms with van der Waals surface area (Å²) in [6.07, 6.45) is 4.82. The van der Waals surface area contributed by atoms with E-state index in [1.807, 2.05) is 13.2 Å². The monoisotopic (exact) mass is 247 g/mol. The molecule has 3 nitrogen and oxygen atoms in total. The number of hydrogen-bond donors (Lipinski definition) is 1. The summed E-state index contributed by atoms with van der Waals surface area (Å²) < 4.78 is 12.9. The molecule has 6 heteroatoms. The van der Waals surface area contributed by atoms with E-state index in [4.69, 9.17) is 16.9 Å². The lowest BCUT2D eigenvalue weighted by molar-refractivity contribution is 0.619. The lowest BCUT2D eigenvalue weighted by Crippen LogP contribution is -1.91. The predicted molar refractivity (Wildman–Crippen MR) is 60.9 cm³/mol. The van der Waals surface area contributed by atoms with Crippen molar-refractivity contribution in [1.29, 1.82) is 5.26 Å². The van der Waals surface area contributed by atoms with Crippen LogP contribution in [0.5, 0.6) is 0 Å². The van der Waals surface area contributed by atoms with Gasteiger partial charge in [-0.05, 0) is 24.8 Å². The normalized spacial score (nSPS) is 10.9. The molecule has 1 heterocycles. The van der Waals surface area contributed by atoms with Crippen molar-refractivity contribution < 1.29 is 4.39 Å².